The third-order valence-corrected chi connectivity index (χ3v) is 7.04. The minimum atomic E-state index is 0.264. The van der Waals surface area contributed by atoms with E-state index in [-0.39, 0.29) is 11.9 Å². The third kappa shape index (κ3) is 3.19. The number of nitrogens with zero attached hydrogens (tertiary/aromatic N) is 5. The van der Waals surface area contributed by atoms with Gasteiger partial charge in [0, 0.05) is 55.8 Å². The molecule has 3 aliphatic heterocycles. The van der Waals surface area contributed by atoms with Crippen LogP contribution in [0.5, 0.6) is 0 Å². The molecule has 7 heteroatoms. The van der Waals surface area contributed by atoms with Crippen molar-refractivity contribution in [2.75, 3.05) is 36.0 Å². The molecule has 160 valence electrons. The first kappa shape index (κ1) is 18.8. The Labute approximate surface area is 182 Å². The monoisotopic (exact) mass is 416 g/mol. The first-order valence-corrected chi connectivity index (χ1v) is 11.5. The number of nitrogens with one attached hydrogen (secondary N) is 1. The Hall–Kier alpha value is -2.93. The van der Waals surface area contributed by atoms with Gasteiger partial charge in [-0.25, -0.2) is 4.98 Å². The second-order valence-electron chi connectivity index (χ2n) is 8.82. The summed E-state index contributed by atoms with van der Waals surface area (Å²) in [5.41, 5.74) is 5.89. The summed E-state index contributed by atoms with van der Waals surface area (Å²) in [6.07, 6.45) is 7.20. The van der Waals surface area contributed by atoms with Crippen molar-refractivity contribution < 1.29 is 4.79 Å². The molecule has 1 saturated heterocycles. The van der Waals surface area contributed by atoms with E-state index in [0.717, 1.165) is 69.6 Å². The largest absolute Gasteiger partial charge is 0.356 e. The third-order valence-electron chi connectivity index (χ3n) is 7.04. The van der Waals surface area contributed by atoms with E-state index in [0.29, 0.717) is 6.42 Å². The SMILES string of the molecule is O=C1CCc2ccccc2N1C1CCN(c2c3c(nc4ccnn24)CCNCC3)CC1. The van der Waals surface area contributed by atoms with Gasteiger partial charge in [0.2, 0.25) is 5.91 Å². The second kappa shape index (κ2) is 7.64. The maximum atomic E-state index is 12.9. The molecule has 2 aromatic heterocycles. The number of benzene rings is 1. The minimum absolute atomic E-state index is 0.264. The molecule has 1 amide bonds. The molecule has 5 heterocycles. The molecule has 1 N–H and O–H groups in total. The number of anilines is 2. The van der Waals surface area contributed by atoms with Crippen LogP contribution in [-0.2, 0) is 24.1 Å². The van der Waals surface area contributed by atoms with Crippen LogP contribution >= 0.6 is 0 Å². The van der Waals surface area contributed by atoms with E-state index in [9.17, 15) is 4.79 Å². The summed E-state index contributed by atoms with van der Waals surface area (Å²) in [5.74, 6) is 1.48. The normalized spacial score (nSPS) is 19.9. The maximum absolute atomic E-state index is 12.9. The van der Waals surface area contributed by atoms with Crippen molar-refractivity contribution >= 4 is 23.1 Å². The number of hydrogen-bond donors (Lipinski definition) is 1. The molecule has 3 aliphatic rings. The van der Waals surface area contributed by atoms with Crippen molar-refractivity contribution in [3.63, 3.8) is 0 Å². The van der Waals surface area contributed by atoms with Gasteiger partial charge in [0.25, 0.3) is 0 Å². The quantitative estimate of drug-likeness (QED) is 0.695. The van der Waals surface area contributed by atoms with E-state index < -0.39 is 0 Å². The number of rotatable bonds is 2. The lowest BCUT2D eigenvalue weighted by molar-refractivity contribution is -0.119. The lowest BCUT2D eigenvalue weighted by Gasteiger charge is -2.42. The molecule has 0 radical (unpaired) electrons. The fourth-order valence-electron chi connectivity index (χ4n) is 5.53. The van der Waals surface area contributed by atoms with Crippen LogP contribution in [0.1, 0.15) is 36.1 Å². The molecular weight excluding hydrogens is 388 g/mol. The number of aryl methyl sites for hydroxylation is 1. The molecule has 3 aromatic rings. The molecule has 1 fully saturated rings. The van der Waals surface area contributed by atoms with Gasteiger partial charge in [0.15, 0.2) is 5.65 Å². The van der Waals surface area contributed by atoms with Crippen molar-refractivity contribution in [3.05, 3.63) is 53.3 Å². The molecule has 0 aliphatic carbocycles. The smallest absolute Gasteiger partial charge is 0.227 e. The highest BCUT2D eigenvalue weighted by molar-refractivity contribution is 5.97. The first-order chi connectivity index (χ1) is 15.3. The van der Waals surface area contributed by atoms with E-state index >= 15 is 0 Å². The molecule has 0 unspecified atom stereocenters. The fraction of sp³-hybridized carbons (Fsp3) is 0.458. The van der Waals surface area contributed by atoms with Gasteiger partial charge in [-0.3, -0.25) is 4.79 Å². The van der Waals surface area contributed by atoms with E-state index in [1.54, 1.807) is 0 Å². The number of carbonyl (C=O) groups is 1. The highest BCUT2D eigenvalue weighted by Crippen LogP contribution is 2.34. The van der Waals surface area contributed by atoms with Crippen LogP contribution in [0.3, 0.4) is 0 Å². The molecule has 0 bridgehead atoms. The van der Waals surface area contributed by atoms with Crippen molar-refractivity contribution in [1.82, 2.24) is 19.9 Å². The van der Waals surface area contributed by atoms with Crippen LogP contribution in [0.15, 0.2) is 36.5 Å². The zero-order chi connectivity index (χ0) is 20.8. The van der Waals surface area contributed by atoms with Crippen LogP contribution in [-0.4, -0.2) is 52.7 Å². The summed E-state index contributed by atoms with van der Waals surface area (Å²) >= 11 is 0. The lowest BCUT2D eigenvalue weighted by Crippen LogP contribution is -2.49. The number of aromatic nitrogens is 3. The minimum Gasteiger partial charge on any atom is -0.356 e. The van der Waals surface area contributed by atoms with Crippen LogP contribution in [0.2, 0.25) is 0 Å². The van der Waals surface area contributed by atoms with Crippen molar-refractivity contribution in [3.8, 4) is 0 Å². The highest BCUT2D eigenvalue weighted by atomic mass is 16.2. The molecule has 6 rings (SSSR count). The van der Waals surface area contributed by atoms with E-state index in [1.165, 1.54) is 22.6 Å². The Kier molecular flexibility index (Phi) is 4.64. The van der Waals surface area contributed by atoms with E-state index in [4.69, 9.17) is 4.98 Å². The van der Waals surface area contributed by atoms with Crippen molar-refractivity contribution in [1.29, 1.82) is 0 Å². The molecule has 31 heavy (non-hydrogen) atoms. The zero-order valence-corrected chi connectivity index (χ0v) is 17.8. The average molecular weight is 417 g/mol. The van der Waals surface area contributed by atoms with Crippen molar-refractivity contribution in [2.24, 2.45) is 0 Å². The zero-order valence-electron chi connectivity index (χ0n) is 17.8. The predicted molar refractivity (Wildman–Crippen MR) is 121 cm³/mol. The predicted octanol–water partition coefficient (Wildman–Crippen LogP) is 2.37. The summed E-state index contributed by atoms with van der Waals surface area (Å²) in [7, 11) is 0. The van der Waals surface area contributed by atoms with Gasteiger partial charge in [-0.05, 0) is 43.9 Å². The summed E-state index contributed by atoms with van der Waals surface area (Å²) in [6, 6.07) is 10.7. The number of amides is 1. The average Bonchev–Trinajstić information content (AvgIpc) is 3.14. The Morgan fingerprint density at radius 1 is 0.968 bits per heavy atom. The Morgan fingerprint density at radius 3 is 2.71 bits per heavy atom. The second-order valence-corrected chi connectivity index (χ2v) is 8.82. The molecule has 7 nitrogen and oxygen atoms in total. The topological polar surface area (TPSA) is 65.8 Å². The van der Waals surface area contributed by atoms with Gasteiger partial charge in [-0.1, -0.05) is 18.2 Å². The fourth-order valence-corrected chi connectivity index (χ4v) is 5.53. The van der Waals surface area contributed by atoms with Gasteiger partial charge >= 0.3 is 0 Å². The Bertz CT molecular complexity index is 1130. The number of piperidine rings is 1. The summed E-state index contributed by atoms with van der Waals surface area (Å²) in [5, 5.41) is 8.11. The molecule has 0 spiro atoms. The number of hydrogen-bond acceptors (Lipinski definition) is 5. The number of para-hydroxylation sites is 1. The van der Waals surface area contributed by atoms with Gasteiger partial charge in [-0.2, -0.15) is 9.61 Å². The Balaban J connectivity index is 1.30. The van der Waals surface area contributed by atoms with Gasteiger partial charge in [-0.15, -0.1) is 0 Å². The van der Waals surface area contributed by atoms with Crippen LogP contribution < -0.4 is 15.1 Å². The van der Waals surface area contributed by atoms with Gasteiger partial charge in [0.05, 0.1) is 11.9 Å². The van der Waals surface area contributed by atoms with Gasteiger partial charge < -0.3 is 15.1 Å². The molecule has 0 atom stereocenters. The Morgan fingerprint density at radius 2 is 1.81 bits per heavy atom. The molecule has 1 aromatic carbocycles. The highest BCUT2D eigenvalue weighted by Gasteiger charge is 2.34. The van der Waals surface area contributed by atoms with Crippen LogP contribution in [0.4, 0.5) is 11.5 Å². The van der Waals surface area contributed by atoms with Gasteiger partial charge in [0.1, 0.15) is 5.82 Å². The van der Waals surface area contributed by atoms with Crippen molar-refractivity contribution in [2.45, 2.75) is 44.6 Å². The summed E-state index contributed by atoms with van der Waals surface area (Å²) in [6.45, 7) is 3.80. The van der Waals surface area contributed by atoms with Crippen LogP contribution in [0.25, 0.3) is 5.65 Å². The van der Waals surface area contributed by atoms with Crippen LogP contribution in [0, 0.1) is 0 Å². The molecule has 0 saturated carbocycles. The summed E-state index contributed by atoms with van der Waals surface area (Å²) in [4.78, 5) is 22.3. The first-order valence-electron chi connectivity index (χ1n) is 11.5. The molecular formula is C24H28N6O. The summed E-state index contributed by atoms with van der Waals surface area (Å²) < 4.78 is 2.02. The number of fused-ring (bicyclic) bond motifs is 3. The van der Waals surface area contributed by atoms with E-state index in [2.05, 4.69) is 38.4 Å². The maximum Gasteiger partial charge on any atom is 0.227 e. The standard InChI is InChI=1S/C24H28N6O/c31-23-6-5-17-3-1-2-4-21(17)29(23)18-10-15-28(16-11-18)24-19-7-12-25-13-8-20(19)27-22-9-14-26-30(22)24/h1-4,9,14,18,25H,5-8,10-13,15-16H2. The van der Waals surface area contributed by atoms with E-state index in [1.807, 2.05) is 22.8 Å². The lowest BCUT2D eigenvalue weighted by atomic mass is 9.95. The number of carbonyl (C=O) groups excluding carboxylic acids is 1.